The molecule has 0 aromatic carbocycles. The number of hydrogen-bond acceptors (Lipinski definition) is 8. The highest BCUT2D eigenvalue weighted by molar-refractivity contribution is 7.47. The van der Waals surface area contributed by atoms with E-state index in [1.807, 2.05) is 0 Å². The molecule has 10 nitrogen and oxygen atoms in total. The quantitative estimate of drug-likeness (QED) is 0.0233. The molecule has 63 heavy (non-hydrogen) atoms. The first-order chi connectivity index (χ1) is 30.7. The number of nitrogens with two attached hydrogens (primary N) is 1. The molecule has 4 N–H and O–H groups in total. The summed E-state index contributed by atoms with van der Waals surface area (Å²) >= 11 is 0. The highest BCUT2D eigenvalue weighted by atomic mass is 31.2. The van der Waals surface area contributed by atoms with E-state index in [1.54, 1.807) is 0 Å². The zero-order valence-corrected chi connectivity index (χ0v) is 39.8. The number of aliphatic carboxylic acids is 1. The van der Waals surface area contributed by atoms with Crippen molar-refractivity contribution in [1.82, 2.24) is 0 Å². The first-order valence-corrected chi connectivity index (χ1v) is 25.1. The first-order valence-electron chi connectivity index (χ1n) is 23.6. The molecule has 0 spiro atoms. The van der Waals surface area contributed by atoms with E-state index in [4.69, 9.17) is 29.4 Å². The average Bonchev–Trinajstić information content (AvgIpc) is 3.26. The zero-order valence-electron chi connectivity index (χ0n) is 38.9. The highest BCUT2D eigenvalue weighted by Crippen LogP contribution is 2.43. The van der Waals surface area contributed by atoms with Crippen LogP contribution in [0, 0.1) is 0 Å². The van der Waals surface area contributed by atoms with Crippen LogP contribution in [0.4, 0.5) is 0 Å². The number of carboxylic acids is 1. The Bertz CT molecular complexity index is 1460. The summed E-state index contributed by atoms with van der Waals surface area (Å²) in [4.78, 5) is 33.6. The minimum absolute atomic E-state index is 0.0157. The third-order valence-corrected chi connectivity index (χ3v) is 10.2. The number of hydrogen-bond donors (Lipinski definition) is 3. The Kier molecular flexibility index (Phi) is 43.7. The van der Waals surface area contributed by atoms with Gasteiger partial charge in [0.25, 0.3) is 0 Å². The lowest BCUT2D eigenvalue weighted by atomic mass is 10.1. The van der Waals surface area contributed by atoms with Crippen LogP contribution in [-0.4, -0.2) is 60.5 Å². The molecule has 11 heteroatoms. The van der Waals surface area contributed by atoms with Crippen LogP contribution in [0.1, 0.15) is 155 Å². The smallest absolute Gasteiger partial charge is 0.472 e. The molecule has 0 radical (unpaired) electrons. The van der Waals surface area contributed by atoms with Gasteiger partial charge in [0.15, 0.2) is 0 Å². The van der Waals surface area contributed by atoms with Gasteiger partial charge in [0.2, 0.25) is 0 Å². The standard InChI is InChI=1S/C52H84NO9P/c1-3-5-7-9-11-13-15-17-19-21-23-24-25-26-27-28-30-32-34-36-38-40-42-44-51(54)62-49(47-60-63(57,58)61-48-50(53)52(55)56)46-59-45-43-41-39-37-35-33-31-29-22-20-18-16-14-12-10-8-6-4-2/h5-8,11-14,17-20,23-24,26-27,29-32,49-50H,3-4,9-10,15-16,21-22,25,28,33-48,53H2,1-2H3,(H,55,56)(H,57,58)/b7-5-,8-6-,13-11-,14-12-,19-17-,20-18-,24-23-,27-26-,31-29-,32-30-. The lowest BCUT2D eigenvalue weighted by molar-refractivity contribution is -0.154. The van der Waals surface area contributed by atoms with E-state index in [0.717, 1.165) is 128 Å². The van der Waals surface area contributed by atoms with Crippen LogP contribution in [0.5, 0.6) is 0 Å². The SMILES string of the molecule is CC/C=C\C/C=C\C/C=C\C/C=C\C/C=C\C/C=C\CCCCCCC(=O)OC(COCCCCCCC/C=C\C/C=C\C/C=C\C/C=C\CC)COP(=O)(O)OCC(N)C(=O)O. The predicted molar refractivity (Wildman–Crippen MR) is 262 cm³/mol. The predicted octanol–water partition coefficient (Wildman–Crippen LogP) is 13.6. The Hall–Kier alpha value is -3.63. The van der Waals surface area contributed by atoms with Crippen molar-refractivity contribution in [3.8, 4) is 0 Å². The van der Waals surface area contributed by atoms with E-state index in [-0.39, 0.29) is 13.0 Å². The summed E-state index contributed by atoms with van der Waals surface area (Å²) in [5.41, 5.74) is 5.36. The van der Waals surface area contributed by atoms with Gasteiger partial charge in [-0.15, -0.1) is 0 Å². The van der Waals surface area contributed by atoms with Gasteiger partial charge >= 0.3 is 19.8 Å². The fourth-order valence-corrected chi connectivity index (χ4v) is 6.43. The van der Waals surface area contributed by atoms with Gasteiger partial charge in [-0.25, -0.2) is 4.57 Å². The molecule has 0 rings (SSSR count). The highest BCUT2D eigenvalue weighted by Gasteiger charge is 2.27. The fourth-order valence-electron chi connectivity index (χ4n) is 5.66. The summed E-state index contributed by atoms with van der Waals surface area (Å²) in [6.45, 7) is 3.55. The molecule has 0 saturated heterocycles. The van der Waals surface area contributed by atoms with Gasteiger partial charge in [0.1, 0.15) is 12.1 Å². The maximum atomic E-state index is 12.7. The largest absolute Gasteiger partial charge is 0.480 e. The van der Waals surface area contributed by atoms with E-state index >= 15 is 0 Å². The molecule has 0 bridgehead atoms. The Balaban J connectivity index is 4.33. The number of carboxylic acid groups (broad SMARTS) is 1. The van der Waals surface area contributed by atoms with E-state index in [0.29, 0.717) is 13.0 Å². The van der Waals surface area contributed by atoms with Crippen LogP contribution in [0.25, 0.3) is 0 Å². The molecule has 0 aromatic rings. The summed E-state index contributed by atoms with van der Waals surface area (Å²) in [5.74, 6) is -1.83. The average molecular weight is 898 g/mol. The Labute approximate surface area is 382 Å². The van der Waals surface area contributed by atoms with Gasteiger partial charge in [-0.05, 0) is 103 Å². The van der Waals surface area contributed by atoms with Gasteiger partial charge < -0.3 is 25.2 Å². The van der Waals surface area contributed by atoms with Crippen molar-refractivity contribution in [2.45, 2.75) is 167 Å². The summed E-state index contributed by atoms with van der Waals surface area (Å²) in [6, 6.07) is -1.49. The minimum Gasteiger partial charge on any atom is -0.480 e. The monoisotopic (exact) mass is 898 g/mol. The number of phosphoric ester groups is 1. The molecule has 0 heterocycles. The summed E-state index contributed by atoms with van der Waals surface area (Å²) in [7, 11) is -4.64. The molecule has 0 aliphatic carbocycles. The fraction of sp³-hybridized carbons (Fsp3) is 0.577. The van der Waals surface area contributed by atoms with Crippen molar-refractivity contribution in [3.63, 3.8) is 0 Å². The van der Waals surface area contributed by atoms with Crippen LogP contribution in [0.2, 0.25) is 0 Å². The van der Waals surface area contributed by atoms with Crippen LogP contribution >= 0.6 is 7.82 Å². The molecule has 0 amide bonds. The topological polar surface area (TPSA) is 155 Å². The van der Waals surface area contributed by atoms with Crippen LogP contribution in [0.15, 0.2) is 122 Å². The maximum Gasteiger partial charge on any atom is 0.472 e. The van der Waals surface area contributed by atoms with Gasteiger partial charge in [-0.1, -0.05) is 167 Å². The normalized spacial score (nSPS) is 14.9. The number of carbonyl (C=O) groups is 2. The first kappa shape index (κ1) is 59.4. The number of rotatable bonds is 43. The Morgan fingerprint density at radius 3 is 1.30 bits per heavy atom. The second-order valence-electron chi connectivity index (χ2n) is 15.1. The van der Waals surface area contributed by atoms with E-state index in [2.05, 4.69) is 135 Å². The molecule has 0 aromatic heterocycles. The number of carbonyl (C=O) groups excluding carboxylic acids is 1. The lowest BCUT2D eigenvalue weighted by Gasteiger charge is -2.20. The molecule has 0 aliphatic heterocycles. The van der Waals surface area contributed by atoms with Crippen molar-refractivity contribution in [2.24, 2.45) is 5.73 Å². The second-order valence-corrected chi connectivity index (χ2v) is 16.6. The molecule has 3 atom stereocenters. The molecule has 356 valence electrons. The second kappa shape index (κ2) is 46.4. The van der Waals surface area contributed by atoms with Gasteiger partial charge in [-0.2, -0.15) is 0 Å². The molecule has 0 aliphatic rings. The summed E-state index contributed by atoms with van der Waals surface area (Å²) < 4.78 is 33.4. The summed E-state index contributed by atoms with van der Waals surface area (Å²) in [6.07, 6.45) is 63.9. The molecule has 0 saturated carbocycles. The number of esters is 1. The van der Waals surface area contributed by atoms with E-state index in [1.165, 1.54) is 0 Å². The Morgan fingerprint density at radius 2 is 0.873 bits per heavy atom. The number of ether oxygens (including phenoxy) is 2. The van der Waals surface area contributed by atoms with Crippen molar-refractivity contribution >= 4 is 19.8 Å². The molecular weight excluding hydrogens is 814 g/mol. The molecule has 3 unspecified atom stereocenters. The lowest BCUT2D eigenvalue weighted by Crippen LogP contribution is -2.34. The maximum absolute atomic E-state index is 12.7. The van der Waals surface area contributed by atoms with Crippen molar-refractivity contribution in [2.75, 3.05) is 26.4 Å². The third-order valence-electron chi connectivity index (χ3n) is 9.24. The van der Waals surface area contributed by atoms with E-state index in [9.17, 15) is 19.0 Å². The van der Waals surface area contributed by atoms with Crippen molar-refractivity contribution in [3.05, 3.63) is 122 Å². The molecule has 0 fully saturated rings. The van der Waals surface area contributed by atoms with Crippen LogP contribution in [0.3, 0.4) is 0 Å². The van der Waals surface area contributed by atoms with Crippen molar-refractivity contribution in [1.29, 1.82) is 0 Å². The zero-order chi connectivity index (χ0) is 46.2. The Morgan fingerprint density at radius 1 is 0.508 bits per heavy atom. The number of allylic oxidation sites excluding steroid dienone is 20. The number of phosphoric acid groups is 1. The van der Waals surface area contributed by atoms with E-state index < -0.39 is 45.1 Å². The minimum atomic E-state index is -4.64. The van der Waals surface area contributed by atoms with Crippen molar-refractivity contribution < 1.29 is 42.7 Å². The molecular formula is C52H84NO9P. The van der Waals surface area contributed by atoms with Crippen LogP contribution < -0.4 is 5.73 Å². The van der Waals surface area contributed by atoms with Gasteiger partial charge in [-0.3, -0.25) is 18.6 Å². The summed E-state index contributed by atoms with van der Waals surface area (Å²) in [5, 5.41) is 8.92. The third kappa shape index (κ3) is 46.2. The van der Waals surface area contributed by atoms with Gasteiger partial charge in [0.05, 0.1) is 19.8 Å². The van der Waals surface area contributed by atoms with Gasteiger partial charge in [0, 0.05) is 13.0 Å². The van der Waals surface area contributed by atoms with Crippen LogP contribution in [-0.2, 0) is 32.7 Å². The number of unbranched alkanes of at least 4 members (excludes halogenated alkanes) is 9.